The van der Waals surface area contributed by atoms with Gasteiger partial charge in [0.2, 0.25) is 7.12 Å². The summed E-state index contributed by atoms with van der Waals surface area (Å²) < 4.78 is 4.75. The molecule has 0 saturated carbocycles. The van der Waals surface area contributed by atoms with Crippen molar-refractivity contribution in [2.24, 2.45) is 0 Å². The molecule has 0 radical (unpaired) electrons. The fourth-order valence-corrected chi connectivity index (χ4v) is 0.354. The zero-order chi connectivity index (χ0) is 4.12. The first-order valence-electron chi connectivity index (χ1n) is 1.57. The quantitative estimate of drug-likeness (QED) is 0.354. The van der Waals surface area contributed by atoms with E-state index in [1.54, 1.807) is 0 Å². The molecule has 0 amide bonds. The minimum absolute atomic E-state index is 0.807. The van der Waals surface area contributed by atoms with E-state index < -0.39 is 0 Å². The molecule has 0 N–H and O–H groups in total. The maximum absolute atomic E-state index is 4.75. The third-order valence-corrected chi connectivity index (χ3v) is 0.707. The van der Waals surface area contributed by atoms with E-state index in [0.717, 1.165) is 6.61 Å². The molecule has 3 heteroatoms. The fraction of sp³-hybridized carbons (Fsp3) is 1.00. The second-order valence-corrected chi connectivity index (χ2v) is 1.14. The van der Waals surface area contributed by atoms with Crippen molar-refractivity contribution >= 4 is 19.0 Å². The zero-order valence-corrected chi connectivity index (χ0v) is 4.34. The maximum Gasteiger partial charge on any atom is 0.210 e. The highest BCUT2D eigenvalue weighted by molar-refractivity contribution is 8.15. The SMILES string of the molecule is BSOCC. The topological polar surface area (TPSA) is 9.23 Å². The average Bonchev–Trinajstić information content (AvgIpc) is 1.41. The van der Waals surface area contributed by atoms with Crippen LogP contribution in [0.5, 0.6) is 0 Å². The van der Waals surface area contributed by atoms with Crippen molar-refractivity contribution in [3.63, 3.8) is 0 Å². The van der Waals surface area contributed by atoms with E-state index in [1.165, 1.54) is 11.9 Å². The lowest BCUT2D eigenvalue weighted by Gasteiger charge is -1.85. The molecule has 0 unspecified atom stereocenters. The Morgan fingerprint density at radius 3 is 2.60 bits per heavy atom. The van der Waals surface area contributed by atoms with Gasteiger partial charge in [-0.3, -0.25) is 0 Å². The van der Waals surface area contributed by atoms with Gasteiger partial charge in [-0.05, 0) is 6.92 Å². The lowest BCUT2D eigenvalue weighted by atomic mass is 10.8. The molecule has 0 aromatic heterocycles. The van der Waals surface area contributed by atoms with Crippen LogP contribution in [0.3, 0.4) is 0 Å². The Labute approximate surface area is 37.6 Å². The lowest BCUT2D eigenvalue weighted by molar-refractivity contribution is 0.407. The van der Waals surface area contributed by atoms with Gasteiger partial charge in [0, 0.05) is 0 Å². The van der Waals surface area contributed by atoms with Gasteiger partial charge in [0.1, 0.15) is 0 Å². The highest BCUT2D eigenvalue weighted by Gasteiger charge is 1.65. The monoisotopic (exact) mass is 90.0 g/mol. The van der Waals surface area contributed by atoms with Gasteiger partial charge in [-0.1, -0.05) is 11.9 Å². The number of rotatable bonds is 2. The van der Waals surface area contributed by atoms with Crippen LogP contribution in [0.2, 0.25) is 0 Å². The summed E-state index contributed by atoms with van der Waals surface area (Å²) in [4.78, 5) is 0. The van der Waals surface area contributed by atoms with Crippen LogP contribution in [0.1, 0.15) is 6.92 Å². The minimum Gasteiger partial charge on any atom is -0.328 e. The van der Waals surface area contributed by atoms with E-state index in [9.17, 15) is 0 Å². The molecule has 1 nitrogen and oxygen atoms in total. The Morgan fingerprint density at radius 1 is 2.00 bits per heavy atom. The molecule has 0 aromatic rings. The molecule has 0 rings (SSSR count). The van der Waals surface area contributed by atoms with Gasteiger partial charge >= 0.3 is 0 Å². The molecule has 0 saturated heterocycles. The summed E-state index contributed by atoms with van der Waals surface area (Å²) in [5, 5.41) is 0. The zero-order valence-electron chi connectivity index (χ0n) is 3.52. The van der Waals surface area contributed by atoms with Crippen molar-refractivity contribution < 1.29 is 4.18 Å². The molecular weight excluding hydrogens is 82.9 g/mol. The third kappa shape index (κ3) is 4.37. The Hall–Kier alpha value is 0.375. The summed E-state index contributed by atoms with van der Waals surface area (Å²) >= 11 is 1.40. The largest absolute Gasteiger partial charge is 0.328 e. The van der Waals surface area contributed by atoms with Gasteiger partial charge in [-0.15, -0.1) is 0 Å². The first kappa shape index (κ1) is 5.37. The van der Waals surface area contributed by atoms with Crippen molar-refractivity contribution in [3.05, 3.63) is 0 Å². The van der Waals surface area contributed by atoms with Crippen molar-refractivity contribution in [2.45, 2.75) is 6.92 Å². The second-order valence-electron chi connectivity index (χ2n) is 0.573. The molecule has 0 aliphatic heterocycles. The predicted molar refractivity (Wildman–Crippen MR) is 27.8 cm³/mol. The summed E-state index contributed by atoms with van der Waals surface area (Å²) in [6.07, 6.45) is 0. The molecule has 0 spiro atoms. The molecule has 0 fully saturated rings. The van der Waals surface area contributed by atoms with Crippen LogP contribution in [-0.4, -0.2) is 13.7 Å². The van der Waals surface area contributed by atoms with Gasteiger partial charge in [-0.2, -0.15) is 0 Å². The standard InChI is InChI=1S/C2H7BOS/c1-2-4-5-3/h2-3H2,1H3. The van der Waals surface area contributed by atoms with Gasteiger partial charge in [0.05, 0.1) is 6.61 Å². The van der Waals surface area contributed by atoms with Crippen molar-refractivity contribution in [3.8, 4) is 0 Å². The van der Waals surface area contributed by atoms with E-state index in [2.05, 4.69) is 0 Å². The van der Waals surface area contributed by atoms with Crippen LogP contribution >= 0.6 is 11.9 Å². The summed E-state index contributed by atoms with van der Waals surface area (Å²) in [5.74, 6) is 0. The molecule has 0 bridgehead atoms. The highest BCUT2D eigenvalue weighted by Crippen LogP contribution is 1.88. The van der Waals surface area contributed by atoms with Crippen molar-refractivity contribution in [2.75, 3.05) is 6.61 Å². The van der Waals surface area contributed by atoms with E-state index in [0.29, 0.717) is 0 Å². The van der Waals surface area contributed by atoms with Crippen LogP contribution in [-0.2, 0) is 4.18 Å². The van der Waals surface area contributed by atoms with E-state index in [4.69, 9.17) is 4.18 Å². The van der Waals surface area contributed by atoms with E-state index in [-0.39, 0.29) is 0 Å². The molecule has 5 heavy (non-hydrogen) atoms. The van der Waals surface area contributed by atoms with E-state index in [1.807, 2.05) is 14.0 Å². The third-order valence-electron chi connectivity index (χ3n) is 0.236. The molecular formula is C2H7BOS. The smallest absolute Gasteiger partial charge is 0.210 e. The molecule has 0 heterocycles. The summed E-state index contributed by atoms with van der Waals surface area (Å²) in [7, 11) is 1.91. The van der Waals surface area contributed by atoms with Crippen LogP contribution < -0.4 is 0 Å². The minimum atomic E-state index is 0.807. The second kappa shape index (κ2) is 4.37. The predicted octanol–water partition coefficient (Wildman–Crippen LogP) is 0.219. The first-order chi connectivity index (χ1) is 2.41. The van der Waals surface area contributed by atoms with Crippen LogP contribution in [0.4, 0.5) is 0 Å². The highest BCUT2D eigenvalue weighted by atomic mass is 32.2. The van der Waals surface area contributed by atoms with Crippen LogP contribution in [0.25, 0.3) is 0 Å². The lowest BCUT2D eigenvalue weighted by Crippen LogP contribution is -1.71. The Balaban J connectivity index is 2.19. The normalized spacial score (nSPS) is 8.20. The number of hydrogen-bond acceptors (Lipinski definition) is 2. The van der Waals surface area contributed by atoms with Crippen molar-refractivity contribution in [1.82, 2.24) is 0 Å². The van der Waals surface area contributed by atoms with Gasteiger partial charge in [-0.25, -0.2) is 0 Å². The Bertz CT molecular complexity index is 17.1. The van der Waals surface area contributed by atoms with Crippen LogP contribution in [0.15, 0.2) is 0 Å². The summed E-state index contributed by atoms with van der Waals surface area (Å²) in [6.45, 7) is 2.78. The fourth-order valence-electron chi connectivity index (χ4n) is 0.118. The average molecular weight is 90.0 g/mol. The Kier molecular flexibility index (Phi) is 4.70. The number of hydrogen-bond donors (Lipinski definition) is 0. The van der Waals surface area contributed by atoms with Crippen molar-refractivity contribution in [1.29, 1.82) is 0 Å². The Morgan fingerprint density at radius 2 is 2.60 bits per heavy atom. The van der Waals surface area contributed by atoms with E-state index >= 15 is 0 Å². The molecule has 0 aliphatic carbocycles. The van der Waals surface area contributed by atoms with Gasteiger partial charge < -0.3 is 4.18 Å². The van der Waals surface area contributed by atoms with Gasteiger partial charge in [0.15, 0.2) is 0 Å². The van der Waals surface area contributed by atoms with Gasteiger partial charge in [0.25, 0.3) is 0 Å². The molecule has 0 aromatic carbocycles. The molecule has 30 valence electrons. The van der Waals surface area contributed by atoms with Crippen LogP contribution in [0, 0.1) is 0 Å². The maximum atomic E-state index is 4.75. The summed E-state index contributed by atoms with van der Waals surface area (Å²) in [5.41, 5.74) is 0. The first-order valence-corrected chi connectivity index (χ1v) is 2.72. The molecule has 0 atom stereocenters. The summed E-state index contributed by atoms with van der Waals surface area (Å²) in [6, 6.07) is 0. The molecule has 0 aliphatic rings.